The Kier molecular flexibility index (Phi) is 50.1. The van der Waals surface area contributed by atoms with Crippen molar-refractivity contribution in [2.24, 2.45) is 0 Å². The maximum absolute atomic E-state index is 13.5. The Balaban J connectivity index is 5.32. The van der Waals surface area contributed by atoms with Crippen molar-refractivity contribution in [3.63, 3.8) is 0 Å². The highest BCUT2D eigenvalue weighted by molar-refractivity contribution is 7.47. The van der Waals surface area contributed by atoms with Gasteiger partial charge in [-0.2, -0.15) is 0 Å². The van der Waals surface area contributed by atoms with Crippen molar-refractivity contribution in [1.29, 1.82) is 0 Å². The minimum Gasteiger partial charge on any atom is -0.456 e. The Morgan fingerprint density at radius 3 is 1.32 bits per heavy atom. The van der Waals surface area contributed by atoms with E-state index < -0.39 is 25.9 Å². The van der Waals surface area contributed by atoms with Gasteiger partial charge in [-0.25, -0.2) is 4.57 Å². The summed E-state index contributed by atoms with van der Waals surface area (Å²) in [5, 5.41) is 3.03. The van der Waals surface area contributed by atoms with Crippen molar-refractivity contribution in [3.05, 3.63) is 72.9 Å². The summed E-state index contributed by atoms with van der Waals surface area (Å²) < 4.78 is 30.6. The molecule has 0 spiro atoms. The zero-order chi connectivity index (χ0) is 52.9. The monoisotopic (exact) mass is 1030 g/mol. The molecule has 10 heteroatoms. The van der Waals surface area contributed by atoms with Crippen LogP contribution in [-0.2, 0) is 27.9 Å². The van der Waals surface area contributed by atoms with E-state index in [1.54, 1.807) is 0 Å². The van der Waals surface area contributed by atoms with Gasteiger partial charge in [-0.05, 0) is 89.5 Å². The molecule has 0 aromatic heterocycles. The van der Waals surface area contributed by atoms with E-state index in [4.69, 9.17) is 13.8 Å². The van der Waals surface area contributed by atoms with Crippen LogP contribution in [0.3, 0.4) is 0 Å². The topological polar surface area (TPSA) is 111 Å². The third-order valence-electron chi connectivity index (χ3n) is 12.9. The molecule has 0 saturated heterocycles. The summed E-state index contributed by atoms with van der Waals surface area (Å²) in [5.74, 6) is -0.592. The first-order chi connectivity index (χ1) is 34.9. The second-order valence-corrected chi connectivity index (χ2v) is 22.6. The van der Waals surface area contributed by atoms with Crippen LogP contribution in [-0.4, -0.2) is 74.3 Å². The largest absolute Gasteiger partial charge is 0.472 e. The van der Waals surface area contributed by atoms with Crippen molar-refractivity contribution < 1.29 is 37.3 Å². The lowest BCUT2D eigenvalue weighted by molar-refractivity contribution is -0.870. The number of nitrogens with one attached hydrogen (secondary N) is 1. The smallest absolute Gasteiger partial charge is 0.456 e. The van der Waals surface area contributed by atoms with Gasteiger partial charge in [0.2, 0.25) is 5.91 Å². The Hall–Kier alpha value is -2.55. The molecule has 0 aliphatic carbocycles. The first-order valence-electron chi connectivity index (χ1n) is 29.8. The van der Waals surface area contributed by atoms with Crippen LogP contribution in [0.25, 0.3) is 0 Å². The Morgan fingerprint density at radius 1 is 0.486 bits per heavy atom. The van der Waals surface area contributed by atoms with Crippen LogP contribution in [0.2, 0.25) is 0 Å². The lowest BCUT2D eigenvalue weighted by atomic mass is 10.0. The molecule has 1 amide bonds. The number of phosphoric acid groups is 1. The van der Waals surface area contributed by atoms with Crippen molar-refractivity contribution in [2.75, 3.05) is 40.9 Å². The van der Waals surface area contributed by atoms with Gasteiger partial charge in [0.05, 0.1) is 33.8 Å². The summed E-state index contributed by atoms with van der Waals surface area (Å²) >= 11 is 0. The van der Waals surface area contributed by atoms with E-state index in [1.807, 2.05) is 39.4 Å². The molecule has 0 bridgehead atoms. The predicted octanol–water partition coefficient (Wildman–Crippen LogP) is 18.1. The number of quaternary nitrogens is 1. The molecule has 9 nitrogen and oxygen atoms in total. The molecule has 0 aromatic carbocycles. The molecule has 0 fully saturated rings. The number of likely N-dealkylation sites (N-methyl/N-ethyl adjacent to an activating group) is 1. The van der Waals surface area contributed by atoms with Crippen LogP contribution in [0.5, 0.6) is 0 Å². The van der Waals surface area contributed by atoms with E-state index in [0.717, 1.165) is 77.0 Å². The molecule has 3 unspecified atom stereocenters. The molecule has 0 rings (SSSR count). The van der Waals surface area contributed by atoms with E-state index in [0.29, 0.717) is 23.9 Å². The lowest BCUT2D eigenvalue weighted by Gasteiger charge is -2.27. The first-order valence-corrected chi connectivity index (χ1v) is 31.3. The molecule has 72 heavy (non-hydrogen) atoms. The van der Waals surface area contributed by atoms with Gasteiger partial charge in [-0.3, -0.25) is 18.6 Å². The van der Waals surface area contributed by atoms with E-state index in [2.05, 4.69) is 80.8 Å². The molecule has 0 saturated carbocycles. The van der Waals surface area contributed by atoms with Crippen molar-refractivity contribution >= 4 is 19.7 Å². The Labute approximate surface area is 444 Å². The van der Waals surface area contributed by atoms with E-state index >= 15 is 0 Å². The molecular formula is C62H114N2O7P+. The zero-order valence-electron chi connectivity index (χ0n) is 47.7. The minimum absolute atomic E-state index is 0.0290. The van der Waals surface area contributed by atoms with Crippen LogP contribution < -0.4 is 5.32 Å². The minimum atomic E-state index is -4.46. The van der Waals surface area contributed by atoms with Crippen molar-refractivity contribution in [3.8, 4) is 0 Å². The molecule has 0 aromatic rings. The van der Waals surface area contributed by atoms with E-state index in [-0.39, 0.29) is 25.5 Å². The Bertz CT molecular complexity index is 1460. The van der Waals surface area contributed by atoms with Crippen LogP contribution in [0, 0.1) is 0 Å². The van der Waals surface area contributed by atoms with Crippen molar-refractivity contribution in [2.45, 2.75) is 270 Å². The van der Waals surface area contributed by atoms with Crippen molar-refractivity contribution in [1.82, 2.24) is 5.32 Å². The van der Waals surface area contributed by atoms with Gasteiger partial charge in [0.1, 0.15) is 19.3 Å². The second-order valence-electron chi connectivity index (χ2n) is 21.2. The molecule has 418 valence electrons. The van der Waals surface area contributed by atoms with Crippen LogP contribution >= 0.6 is 7.82 Å². The maximum atomic E-state index is 13.5. The number of allylic oxidation sites excluding steroid dienone is 11. The number of esters is 1. The number of unbranched alkanes of at least 4 members (excludes halogenated alkanes) is 27. The summed E-state index contributed by atoms with van der Waals surface area (Å²) in [5.41, 5.74) is 0. The van der Waals surface area contributed by atoms with Gasteiger partial charge in [0.25, 0.3) is 0 Å². The number of amides is 1. The molecule has 0 aliphatic heterocycles. The number of hydrogen-bond acceptors (Lipinski definition) is 6. The van der Waals surface area contributed by atoms with E-state index in [1.165, 1.54) is 141 Å². The number of carbonyl (C=O) groups is 2. The van der Waals surface area contributed by atoms with Gasteiger partial charge in [0.15, 0.2) is 0 Å². The Morgan fingerprint density at radius 2 is 0.861 bits per heavy atom. The van der Waals surface area contributed by atoms with Gasteiger partial charge in [-0.15, -0.1) is 0 Å². The highest BCUT2D eigenvalue weighted by atomic mass is 31.2. The van der Waals surface area contributed by atoms with Gasteiger partial charge in [0, 0.05) is 12.8 Å². The molecule has 0 heterocycles. The number of rotatable bonds is 53. The highest BCUT2D eigenvalue weighted by Crippen LogP contribution is 2.43. The number of ether oxygens (including phenoxy) is 1. The van der Waals surface area contributed by atoms with Crippen LogP contribution in [0.1, 0.15) is 258 Å². The summed E-state index contributed by atoms with van der Waals surface area (Å²) in [6.45, 7) is 6.93. The average molecular weight is 1030 g/mol. The van der Waals surface area contributed by atoms with Gasteiger partial charge >= 0.3 is 13.8 Å². The lowest BCUT2D eigenvalue weighted by Crippen LogP contribution is -2.47. The fraction of sp³-hybridized carbons (Fsp3) is 0.774. The third-order valence-corrected chi connectivity index (χ3v) is 13.9. The third kappa shape index (κ3) is 52.3. The molecule has 2 N–H and O–H groups in total. The van der Waals surface area contributed by atoms with Crippen LogP contribution in [0.4, 0.5) is 0 Å². The standard InChI is InChI=1S/C62H113N2O7P/c1-7-10-13-16-19-22-25-28-29-30-31-32-33-34-35-37-39-42-45-48-51-54-61(65)63-59(58-70-72(67,68)69-57-56-64(4,5)6)60(53-50-47-44-41-38-27-24-21-18-15-12-9-3)71-62(66)55-52-49-46-43-40-36-26-23-20-17-14-11-8-2/h19,22,28-29,31-32,36,40,46,49-50,53,59-60H,7-18,20-21,23-27,30,33-35,37-39,41-45,47-48,51-52,54-58H2,1-6H3,(H-,63,65,67,68)/p+1/b22-19-,29-28-,32-31-,40-36-,49-46+,53-50-. The molecule has 0 aliphatic rings. The maximum Gasteiger partial charge on any atom is 0.472 e. The normalized spacial score (nSPS) is 14.3. The summed E-state index contributed by atoms with van der Waals surface area (Å²) in [6.07, 6.45) is 66.2. The zero-order valence-corrected chi connectivity index (χ0v) is 48.6. The molecule has 0 radical (unpaired) electrons. The second kappa shape index (κ2) is 51.9. The van der Waals surface area contributed by atoms with Crippen LogP contribution in [0.15, 0.2) is 72.9 Å². The number of phosphoric ester groups is 1. The SMILES string of the molecule is CCCCC/C=C\C/C=C\C/C=C\CCCCCCCCCCC(=O)NC(COP(=O)(O)OCC[N+](C)(C)C)C(/C=C\CCCCCCCCCCCC)OC(=O)CC/C=C/C/C=C\CCCCCCCC. The van der Waals surface area contributed by atoms with Gasteiger partial charge < -0.3 is 19.4 Å². The summed E-state index contributed by atoms with van der Waals surface area (Å²) in [7, 11) is 1.46. The number of nitrogens with zero attached hydrogens (tertiary/aromatic N) is 1. The number of hydrogen-bond donors (Lipinski definition) is 2. The highest BCUT2D eigenvalue weighted by Gasteiger charge is 2.30. The first kappa shape index (κ1) is 69.5. The number of carbonyl (C=O) groups excluding carboxylic acids is 2. The van der Waals surface area contributed by atoms with Gasteiger partial charge in [-0.1, -0.05) is 229 Å². The van der Waals surface area contributed by atoms with E-state index in [9.17, 15) is 19.0 Å². The fourth-order valence-corrected chi connectivity index (χ4v) is 8.97. The summed E-state index contributed by atoms with van der Waals surface area (Å²) in [4.78, 5) is 37.6. The predicted molar refractivity (Wildman–Crippen MR) is 309 cm³/mol. The summed E-state index contributed by atoms with van der Waals surface area (Å²) in [6, 6.07) is -0.876. The quantitative estimate of drug-likeness (QED) is 0.0205. The fourth-order valence-electron chi connectivity index (χ4n) is 8.23. The molecule has 3 atom stereocenters. The average Bonchev–Trinajstić information content (AvgIpc) is 3.34. The molecular weight excluding hydrogens is 916 g/mol.